The maximum absolute atomic E-state index is 9.15. The maximum atomic E-state index is 9.15. The number of hydrogen-bond donors (Lipinski definition) is 1. The molecule has 1 aromatic carbocycles. The van der Waals surface area contributed by atoms with Crippen LogP contribution in [-0.4, -0.2) is 20.1 Å². The van der Waals surface area contributed by atoms with E-state index in [2.05, 4.69) is 27.2 Å². The van der Waals surface area contributed by atoms with Crippen molar-refractivity contribution in [3.8, 4) is 16.7 Å². The van der Waals surface area contributed by atoms with E-state index in [4.69, 9.17) is 5.11 Å². The molecule has 0 amide bonds. The highest BCUT2D eigenvalue weighted by Crippen LogP contribution is 2.28. The summed E-state index contributed by atoms with van der Waals surface area (Å²) >= 11 is 1.50. The van der Waals surface area contributed by atoms with Crippen molar-refractivity contribution in [1.29, 1.82) is 0 Å². The Bertz CT molecular complexity index is 617. The second-order valence-electron chi connectivity index (χ2n) is 3.10. The summed E-state index contributed by atoms with van der Waals surface area (Å²) in [6, 6.07) is 10.2. The van der Waals surface area contributed by atoms with E-state index in [1.165, 1.54) is 11.3 Å². The fourth-order valence-electron chi connectivity index (χ4n) is 1.36. The molecule has 2 radical (unpaired) electrons. The van der Waals surface area contributed by atoms with E-state index in [0.29, 0.717) is 10.7 Å². The average molecular weight is 227 g/mol. The average Bonchev–Trinajstić information content (AvgIpc) is 2.72. The van der Waals surface area contributed by atoms with Crippen molar-refractivity contribution in [3.05, 3.63) is 36.5 Å². The predicted octanol–water partition coefficient (Wildman–Crippen LogP) is 2.06. The van der Waals surface area contributed by atoms with Crippen LogP contribution in [-0.2, 0) is 0 Å². The summed E-state index contributed by atoms with van der Waals surface area (Å²) in [7, 11) is 0. The van der Waals surface area contributed by atoms with Crippen molar-refractivity contribution >= 4 is 21.6 Å². The van der Waals surface area contributed by atoms with E-state index in [0.717, 1.165) is 10.2 Å². The third-order valence-electron chi connectivity index (χ3n) is 2.04. The van der Waals surface area contributed by atoms with Crippen molar-refractivity contribution in [2.75, 3.05) is 0 Å². The van der Waals surface area contributed by atoms with Crippen LogP contribution in [0.4, 0.5) is 0 Å². The van der Waals surface area contributed by atoms with Gasteiger partial charge in [-0.3, -0.25) is 0 Å². The molecule has 0 spiro atoms. The Balaban J connectivity index is 2.19. The van der Waals surface area contributed by atoms with Crippen LogP contribution in [0.2, 0.25) is 0 Å². The summed E-state index contributed by atoms with van der Waals surface area (Å²) < 4.78 is 1.07. The quantitative estimate of drug-likeness (QED) is 0.691. The van der Waals surface area contributed by atoms with E-state index in [9.17, 15) is 0 Å². The molecule has 5 heteroatoms. The summed E-state index contributed by atoms with van der Waals surface area (Å²) in [6.07, 6.45) is 2.45. The molecule has 4 nitrogen and oxygen atoms in total. The van der Waals surface area contributed by atoms with Crippen molar-refractivity contribution in [2.24, 2.45) is 0 Å². The number of benzene rings is 1. The molecule has 0 fully saturated rings. The monoisotopic (exact) mass is 227 g/mol. The number of rotatable bonds is 1. The number of thiazole rings is 1. The second-order valence-corrected chi connectivity index (χ2v) is 4.13. The van der Waals surface area contributed by atoms with Crippen LogP contribution in [0.1, 0.15) is 0 Å². The van der Waals surface area contributed by atoms with Gasteiger partial charge in [0.25, 0.3) is 0 Å². The van der Waals surface area contributed by atoms with E-state index in [-0.39, 0.29) is 6.01 Å². The Hall–Kier alpha value is -2.01. The Kier molecular flexibility index (Phi) is 2.04. The number of nitrogens with zero attached hydrogens (tertiary/aromatic N) is 3. The molecular weight excluding hydrogens is 222 g/mol. The molecule has 76 valence electrons. The molecule has 1 N–H and O–H groups in total. The zero-order valence-electron chi connectivity index (χ0n) is 8.01. The topological polar surface area (TPSA) is 58.9 Å². The minimum absolute atomic E-state index is 0.312. The van der Waals surface area contributed by atoms with Crippen molar-refractivity contribution in [2.45, 2.75) is 0 Å². The molecule has 0 atom stereocenters. The number of fused-ring (bicyclic) bond motifs is 1. The maximum Gasteiger partial charge on any atom is 0.315 e. The standard InChI is InChI=1S/C11H5N3OS/c15-11-12-6-5-8(14-11)10-13-7-3-1-2-4-9(7)16-10/h1-4H,(H,12,14,15). The molecule has 0 bridgehead atoms. The zero-order valence-corrected chi connectivity index (χ0v) is 8.82. The molecule has 2 aromatic heterocycles. The van der Waals surface area contributed by atoms with E-state index >= 15 is 0 Å². The molecule has 3 rings (SSSR count). The summed E-state index contributed by atoms with van der Waals surface area (Å²) in [5.74, 6) is 0. The predicted molar refractivity (Wildman–Crippen MR) is 60.0 cm³/mol. The van der Waals surface area contributed by atoms with E-state index < -0.39 is 0 Å². The lowest BCUT2D eigenvalue weighted by atomic mass is 10.3. The lowest BCUT2D eigenvalue weighted by molar-refractivity contribution is 0.430. The highest BCUT2D eigenvalue weighted by Gasteiger charge is 2.08. The SMILES string of the molecule is Oc1n[c][c]c(-c2nc3ccccc3s2)n1. The van der Waals surface area contributed by atoms with Gasteiger partial charge in [-0.2, -0.15) is 9.97 Å². The van der Waals surface area contributed by atoms with Gasteiger partial charge in [0.05, 0.1) is 10.2 Å². The summed E-state index contributed by atoms with van der Waals surface area (Å²) in [6.45, 7) is 0. The highest BCUT2D eigenvalue weighted by atomic mass is 32.1. The first-order chi connectivity index (χ1) is 7.83. The van der Waals surface area contributed by atoms with Gasteiger partial charge >= 0.3 is 6.01 Å². The number of aromatic nitrogens is 3. The van der Waals surface area contributed by atoms with Crippen molar-refractivity contribution in [1.82, 2.24) is 15.0 Å². The molecule has 0 saturated heterocycles. The van der Waals surface area contributed by atoms with Gasteiger partial charge in [-0.05, 0) is 12.1 Å². The van der Waals surface area contributed by atoms with Gasteiger partial charge in [0.15, 0.2) is 0 Å². The lowest BCUT2D eigenvalue weighted by Crippen LogP contribution is -1.85. The van der Waals surface area contributed by atoms with Crippen LogP contribution in [0.15, 0.2) is 24.3 Å². The molecule has 3 aromatic rings. The van der Waals surface area contributed by atoms with Gasteiger partial charge in [-0.15, -0.1) is 11.3 Å². The fourth-order valence-corrected chi connectivity index (χ4v) is 2.27. The first-order valence-corrected chi connectivity index (χ1v) is 5.37. The molecule has 2 heterocycles. The van der Waals surface area contributed by atoms with Crippen LogP contribution in [0.5, 0.6) is 6.01 Å². The summed E-state index contributed by atoms with van der Waals surface area (Å²) in [5, 5.41) is 9.86. The Labute approximate surface area is 95.3 Å². The minimum atomic E-state index is -0.312. The second kappa shape index (κ2) is 3.53. The van der Waals surface area contributed by atoms with Crippen molar-refractivity contribution < 1.29 is 5.11 Å². The van der Waals surface area contributed by atoms with Gasteiger partial charge in [0, 0.05) is 6.07 Å². The largest absolute Gasteiger partial charge is 0.479 e. The number of hydrogen-bond acceptors (Lipinski definition) is 5. The minimum Gasteiger partial charge on any atom is -0.479 e. The van der Waals surface area contributed by atoms with Crippen LogP contribution in [0.3, 0.4) is 0 Å². The molecule has 16 heavy (non-hydrogen) atoms. The first kappa shape index (κ1) is 9.23. The number of para-hydroxylation sites is 1. The Morgan fingerprint density at radius 3 is 2.88 bits per heavy atom. The van der Waals surface area contributed by atoms with Crippen LogP contribution in [0, 0.1) is 12.3 Å². The van der Waals surface area contributed by atoms with Gasteiger partial charge in [-0.25, -0.2) is 4.98 Å². The zero-order chi connectivity index (χ0) is 11.0. The molecule has 0 aliphatic carbocycles. The normalized spacial score (nSPS) is 10.8. The van der Waals surface area contributed by atoms with Crippen LogP contribution < -0.4 is 0 Å². The molecule has 0 aliphatic heterocycles. The third kappa shape index (κ3) is 1.51. The molecular formula is C11H5N3OS. The van der Waals surface area contributed by atoms with Crippen LogP contribution >= 0.6 is 11.3 Å². The molecule has 0 aliphatic rings. The van der Waals surface area contributed by atoms with Crippen molar-refractivity contribution in [3.63, 3.8) is 0 Å². The Morgan fingerprint density at radius 2 is 2.06 bits per heavy atom. The van der Waals surface area contributed by atoms with Gasteiger partial charge in [0.2, 0.25) is 0 Å². The first-order valence-electron chi connectivity index (χ1n) is 4.55. The lowest BCUT2D eigenvalue weighted by Gasteiger charge is -1.92. The molecule has 0 saturated carbocycles. The fraction of sp³-hybridized carbons (Fsp3) is 0. The van der Waals surface area contributed by atoms with Gasteiger partial charge in [-0.1, -0.05) is 12.1 Å². The smallest absolute Gasteiger partial charge is 0.315 e. The van der Waals surface area contributed by atoms with E-state index in [1.54, 1.807) is 0 Å². The number of aromatic hydroxyl groups is 1. The Morgan fingerprint density at radius 1 is 1.19 bits per heavy atom. The van der Waals surface area contributed by atoms with Gasteiger partial charge in [0.1, 0.15) is 16.9 Å². The molecule has 0 unspecified atom stereocenters. The van der Waals surface area contributed by atoms with E-state index in [1.807, 2.05) is 24.3 Å². The summed E-state index contributed by atoms with van der Waals surface area (Å²) in [4.78, 5) is 11.7. The third-order valence-corrected chi connectivity index (χ3v) is 3.08. The van der Waals surface area contributed by atoms with Gasteiger partial charge < -0.3 is 5.11 Å². The van der Waals surface area contributed by atoms with Crippen LogP contribution in [0.25, 0.3) is 20.9 Å². The summed E-state index contributed by atoms with van der Waals surface area (Å²) in [5.41, 5.74) is 1.38. The highest BCUT2D eigenvalue weighted by molar-refractivity contribution is 7.21.